The maximum Gasteiger partial charge on any atom is 0.315 e. The first-order valence-corrected chi connectivity index (χ1v) is 24.9. The molecule has 20 heteroatoms. The molecule has 10 N–H and O–H groups in total. The van der Waals surface area contributed by atoms with Gasteiger partial charge >= 0.3 is 6.03 Å². The highest BCUT2D eigenvalue weighted by Crippen LogP contribution is 2.30. The van der Waals surface area contributed by atoms with Gasteiger partial charge in [-0.25, -0.2) is 9.78 Å². The van der Waals surface area contributed by atoms with Gasteiger partial charge in [-0.15, -0.1) is 11.3 Å². The van der Waals surface area contributed by atoms with Crippen LogP contribution in [-0.2, 0) is 57.5 Å². The number of thiazole rings is 1. The largest absolute Gasteiger partial charge is 0.375 e. The van der Waals surface area contributed by atoms with Gasteiger partial charge < -0.3 is 57.7 Å². The summed E-state index contributed by atoms with van der Waals surface area (Å²) in [5.41, 5.74) is 4.43. The number of nitrogens with zero attached hydrogens (tertiary/aromatic N) is 1. The number of hydrogen-bond donors (Lipinski definition) is 9. The van der Waals surface area contributed by atoms with Crippen molar-refractivity contribution in [2.45, 2.75) is 187 Å². The average molecular weight is 985 g/mol. The molecule has 8 amide bonds. The number of carbonyl (C=O) groups excluding carboxylic acids is 7. The molecule has 19 nitrogen and oxygen atoms in total. The van der Waals surface area contributed by atoms with Crippen molar-refractivity contribution < 1.29 is 43.0 Å². The maximum atomic E-state index is 13.1. The number of fused-ring (bicyclic) bond motifs is 1. The lowest BCUT2D eigenvalue weighted by molar-refractivity contribution is -0.134. The quantitative estimate of drug-likeness (QED) is 0.0568. The Morgan fingerprint density at radius 3 is 2.04 bits per heavy atom. The number of benzene rings is 1. The van der Waals surface area contributed by atoms with Crippen molar-refractivity contribution in [1.82, 2.24) is 42.2 Å². The van der Waals surface area contributed by atoms with E-state index in [4.69, 9.17) is 15.2 Å². The number of rotatable bonds is 29. The Morgan fingerprint density at radius 2 is 1.41 bits per heavy atom. The van der Waals surface area contributed by atoms with Crippen LogP contribution in [0.5, 0.6) is 0 Å². The summed E-state index contributed by atoms with van der Waals surface area (Å²) in [4.78, 5) is 95.0. The monoisotopic (exact) mass is 985 g/mol. The predicted octanol–water partition coefficient (Wildman–Crippen LogP) is 3.67. The minimum absolute atomic E-state index is 0.0622. The van der Waals surface area contributed by atoms with Gasteiger partial charge in [0.25, 0.3) is 0 Å². The van der Waals surface area contributed by atoms with Gasteiger partial charge in [-0.1, -0.05) is 37.3 Å². The van der Waals surface area contributed by atoms with Crippen LogP contribution in [0.3, 0.4) is 0 Å². The van der Waals surface area contributed by atoms with Crippen LogP contribution >= 0.6 is 11.3 Å². The van der Waals surface area contributed by atoms with Crippen molar-refractivity contribution in [3.8, 4) is 0 Å². The summed E-state index contributed by atoms with van der Waals surface area (Å²) in [6.07, 6.45) is 5.39. The highest BCUT2D eigenvalue weighted by molar-refractivity contribution is 7.15. The van der Waals surface area contributed by atoms with E-state index in [1.807, 2.05) is 71.9 Å². The number of hydrogen-bond acceptors (Lipinski definition) is 12. The minimum Gasteiger partial charge on any atom is -0.375 e. The van der Waals surface area contributed by atoms with Gasteiger partial charge in [0.15, 0.2) is 5.13 Å². The Balaban J connectivity index is 1.31. The fourth-order valence-corrected chi connectivity index (χ4v) is 8.49. The number of ether oxygens (including phenoxy) is 2. The fourth-order valence-electron chi connectivity index (χ4n) is 7.38. The molecule has 0 unspecified atom stereocenters. The second-order valence-corrected chi connectivity index (χ2v) is 21.6. The van der Waals surface area contributed by atoms with Crippen LogP contribution in [-0.4, -0.2) is 119 Å². The molecule has 3 rings (SSSR count). The van der Waals surface area contributed by atoms with E-state index in [9.17, 15) is 33.6 Å². The van der Waals surface area contributed by atoms with Crippen molar-refractivity contribution in [1.29, 1.82) is 0 Å². The molecule has 1 aromatic heterocycles. The number of amides is 8. The van der Waals surface area contributed by atoms with E-state index in [0.717, 1.165) is 43.5 Å². The summed E-state index contributed by atoms with van der Waals surface area (Å²) >= 11 is 1.47. The third kappa shape index (κ3) is 22.4. The number of primary amides is 1. The SMILES string of the molecule is CCCN[C@H]1CCc2nc(NC(=O)CNC(=O)NC(C)(C)CCOC(C)(C)CC(=O)N[C@@H](C)C(=O)N[C@@H](C)C(=O)NC(C)(C)CCOC(C)(C)CCC(=O)N[C@@H](Cc3ccccc3)C(N)=O)sc2C1. The van der Waals surface area contributed by atoms with Crippen molar-refractivity contribution in [3.05, 3.63) is 46.5 Å². The average Bonchev–Trinajstić information content (AvgIpc) is 3.64. The van der Waals surface area contributed by atoms with E-state index in [2.05, 4.69) is 54.4 Å². The normalized spacial score (nSPS) is 15.4. The Kier molecular flexibility index (Phi) is 22.5. The Hall–Kier alpha value is -5.18. The molecule has 0 saturated heterocycles. The zero-order valence-corrected chi connectivity index (χ0v) is 43.5. The van der Waals surface area contributed by atoms with Gasteiger partial charge in [-0.05, 0) is 126 Å². The van der Waals surface area contributed by atoms with Gasteiger partial charge in [0, 0.05) is 48.1 Å². The molecule has 69 heavy (non-hydrogen) atoms. The van der Waals surface area contributed by atoms with Crippen LogP contribution < -0.4 is 48.3 Å². The summed E-state index contributed by atoms with van der Waals surface area (Å²) < 4.78 is 12.1. The second-order valence-electron chi connectivity index (χ2n) is 20.5. The summed E-state index contributed by atoms with van der Waals surface area (Å²) in [6, 6.07) is 6.51. The van der Waals surface area contributed by atoms with Gasteiger partial charge in [0.1, 0.15) is 18.1 Å². The van der Waals surface area contributed by atoms with Crippen molar-refractivity contribution in [2.24, 2.45) is 5.73 Å². The summed E-state index contributed by atoms with van der Waals surface area (Å²) in [5.74, 6) is -2.69. The number of nitrogens with one attached hydrogen (secondary N) is 8. The zero-order chi connectivity index (χ0) is 51.6. The lowest BCUT2D eigenvalue weighted by atomic mass is 9.98. The molecular weight excluding hydrogens is 905 g/mol. The molecule has 0 radical (unpaired) electrons. The lowest BCUT2D eigenvalue weighted by Crippen LogP contribution is -2.55. The summed E-state index contributed by atoms with van der Waals surface area (Å²) in [7, 11) is 0. The van der Waals surface area contributed by atoms with E-state index in [1.165, 1.54) is 23.1 Å². The molecule has 0 spiro atoms. The molecular formula is C49H80N10O9S. The van der Waals surface area contributed by atoms with Crippen LogP contribution in [0.4, 0.5) is 9.93 Å². The zero-order valence-electron chi connectivity index (χ0n) is 42.7. The molecule has 4 atom stereocenters. The number of nitrogens with two attached hydrogens (primary N) is 1. The van der Waals surface area contributed by atoms with Crippen molar-refractivity contribution in [3.63, 3.8) is 0 Å². The number of aryl methyl sites for hydroxylation is 1. The molecule has 1 heterocycles. The Labute approximate surface area is 412 Å². The van der Waals surface area contributed by atoms with Crippen LogP contribution in [0.2, 0.25) is 0 Å². The van der Waals surface area contributed by atoms with E-state index in [0.29, 0.717) is 36.9 Å². The van der Waals surface area contributed by atoms with E-state index < -0.39 is 70.1 Å². The minimum atomic E-state index is -0.948. The highest BCUT2D eigenvalue weighted by Gasteiger charge is 2.31. The molecule has 0 saturated carbocycles. The topological polar surface area (TPSA) is 273 Å². The lowest BCUT2D eigenvalue weighted by Gasteiger charge is -2.31. The number of aromatic nitrogens is 1. The molecule has 1 aromatic carbocycles. The molecule has 2 aromatic rings. The molecule has 386 valence electrons. The van der Waals surface area contributed by atoms with Gasteiger partial charge in [0.05, 0.1) is 29.9 Å². The highest BCUT2D eigenvalue weighted by atomic mass is 32.1. The summed E-state index contributed by atoms with van der Waals surface area (Å²) in [6.45, 7) is 21.0. The first-order chi connectivity index (χ1) is 32.2. The molecule has 1 aliphatic rings. The van der Waals surface area contributed by atoms with Gasteiger partial charge in [0.2, 0.25) is 35.4 Å². The first-order valence-electron chi connectivity index (χ1n) is 24.1. The van der Waals surface area contributed by atoms with Crippen molar-refractivity contribution >= 4 is 57.9 Å². The van der Waals surface area contributed by atoms with E-state index in [-0.39, 0.29) is 44.4 Å². The molecule has 1 aliphatic carbocycles. The number of urea groups is 1. The van der Waals surface area contributed by atoms with Crippen LogP contribution in [0.15, 0.2) is 30.3 Å². The fraction of sp³-hybridized carbons (Fsp3) is 0.673. The first kappa shape index (κ1) is 58.1. The standard InChI is InChI=1S/C49H80N10O9S/c1-12-24-51-34-18-19-35-37(28-34)69-45(56-35)57-40(62)30-52-44(66)59-47(6,7)23-26-68-49(10,11)29-39(61)53-31(2)42(64)54-32(3)43(65)58-46(4,5)22-25-67-48(8,9)21-20-38(60)55-36(41(50)63)27-33-16-14-13-15-17-33/h13-17,31-32,34,36,51H,12,18-30H2,1-11H3,(H2,50,63)(H,53,61)(H,54,64)(H,55,60)(H,58,65)(H2,52,59,66)(H,56,57,62)/t31-,32-,34-,36-/m0/s1. The second kappa shape index (κ2) is 26.7. The third-order valence-electron chi connectivity index (χ3n) is 11.7. The number of anilines is 1. The van der Waals surface area contributed by atoms with Crippen LogP contribution in [0.25, 0.3) is 0 Å². The Morgan fingerprint density at radius 1 is 0.783 bits per heavy atom. The molecule has 0 aliphatic heterocycles. The summed E-state index contributed by atoms with van der Waals surface area (Å²) in [5, 5.41) is 23.3. The third-order valence-corrected chi connectivity index (χ3v) is 12.7. The maximum absolute atomic E-state index is 13.1. The van der Waals surface area contributed by atoms with Gasteiger partial charge in [-0.2, -0.15) is 0 Å². The van der Waals surface area contributed by atoms with Crippen LogP contribution in [0.1, 0.15) is 137 Å². The Bertz CT molecular complexity index is 2040. The van der Waals surface area contributed by atoms with Gasteiger partial charge in [-0.3, -0.25) is 28.8 Å². The smallest absolute Gasteiger partial charge is 0.315 e. The van der Waals surface area contributed by atoms with E-state index >= 15 is 0 Å². The van der Waals surface area contributed by atoms with Crippen molar-refractivity contribution in [2.75, 3.05) is 31.6 Å². The molecule has 0 bridgehead atoms. The molecule has 0 fully saturated rings. The van der Waals surface area contributed by atoms with E-state index in [1.54, 1.807) is 20.8 Å². The van der Waals surface area contributed by atoms with Crippen LogP contribution in [0, 0.1) is 0 Å². The number of carbonyl (C=O) groups is 7. The predicted molar refractivity (Wildman–Crippen MR) is 267 cm³/mol.